The van der Waals surface area contributed by atoms with Crippen LogP contribution in [0.25, 0.3) is 0 Å². The normalized spacial score (nSPS) is 37.0. The van der Waals surface area contributed by atoms with Gasteiger partial charge in [-0.15, -0.1) is 0 Å². The fourth-order valence-corrected chi connectivity index (χ4v) is 3.81. The number of carboxylic acid groups (broad SMARTS) is 1. The van der Waals surface area contributed by atoms with Crippen molar-refractivity contribution in [3.8, 4) is 0 Å². The summed E-state index contributed by atoms with van der Waals surface area (Å²) in [4.78, 5) is 11.2. The van der Waals surface area contributed by atoms with Crippen LogP contribution in [-0.2, 0) is 4.79 Å². The molecule has 0 aromatic carbocycles. The summed E-state index contributed by atoms with van der Waals surface area (Å²) < 4.78 is 0. The second-order valence-corrected chi connectivity index (χ2v) is 7.16. The molecule has 0 heterocycles. The van der Waals surface area contributed by atoms with E-state index in [0.29, 0.717) is 17.3 Å². The topological polar surface area (TPSA) is 37.3 Å². The van der Waals surface area contributed by atoms with E-state index in [1.807, 2.05) is 0 Å². The highest BCUT2D eigenvalue weighted by molar-refractivity contribution is 5.75. The van der Waals surface area contributed by atoms with Gasteiger partial charge in [0, 0.05) is 0 Å². The standard InChI is InChI=1S/C14H24O2/c1-13(2)7-5-9(6-8-13)10-11(12(15)16)14(10,3)4/h9-11H,5-8H2,1-4H3,(H,15,16). The van der Waals surface area contributed by atoms with Crippen LogP contribution >= 0.6 is 0 Å². The molecule has 2 unspecified atom stereocenters. The molecule has 92 valence electrons. The minimum atomic E-state index is -0.583. The Bertz CT molecular complexity index is 294. The van der Waals surface area contributed by atoms with E-state index in [0.717, 1.165) is 0 Å². The SMILES string of the molecule is CC1(C)CCC(C2C(C(=O)O)C2(C)C)CC1. The van der Waals surface area contributed by atoms with Crippen molar-refractivity contribution in [3.05, 3.63) is 0 Å². The highest BCUT2D eigenvalue weighted by Gasteiger charge is 2.64. The van der Waals surface area contributed by atoms with Gasteiger partial charge in [-0.2, -0.15) is 0 Å². The van der Waals surface area contributed by atoms with Crippen molar-refractivity contribution in [2.75, 3.05) is 0 Å². The summed E-state index contributed by atoms with van der Waals surface area (Å²) in [6.07, 6.45) is 4.98. The summed E-state index contributed by atoms with van der Waals surface area (Å²) in [6.45, 7) is 8.90. The van der Waals surface area contributed by atoms with E-state index in [1.165, 1.54) is 25.7 Å². The van der Waals surface area contributed by atoms with Crippen LogP contribution in [-0.4, -0.2) is 11.1 Å². The lowest BCUT2D eigenvalue weighted by atomic mass is 9.71. The van der Waals surface area contributed by atoms with Gasteiger partial charge < -0.3 is 5.11 Å². The van der Waals surface area contributed by atoms with Crippen LogP contribution in [0.2, 0.25) is 0 Å². The lowest BCUT2D eigenvalue weighted by molar-refractivity contribution is -0.139. The van der Waals surface area contributed by atoms with Gasteiger partial charge in [0.05, 0.1) is 5.92 Å². The van der Waals surface area contributed by atoms with Gasteiger partial charge in [0.25, 0.3) is 0 Å². The van der Waals surface area contributed by atoms with E-state index in [9.17, 15) is 9.90 Å². The van der Waals surface area contributed by atoms with Crippen LogP contribution in [0.5, 0.6) is 0 Å². The van der Waals surface area contributed by atoms with Crippen LogP contribution < -0.4 is 0 Å². The van der Waals surface area contributed by atoms with Gasteiger partial charge in [-0.3, -0.25) is 4.79 Å². The van der Waals surface area contributed by atoms with Gasteiger partial charge in [0.1, 0.15) is 0 Å². The number of carboxylic acids is 1. The molecule has 2 aliphatic carbocycles. The Labute approximate surface area is 98.4 Å². The largest absolute Gasteiger partial charge is 0.481 e. The zero-order valence-corrected chi connectivity index (χ0v) is 10.9. The molecular weight excluding hydrogens is 200 g/mol. The van der Waals surface area contributed by atoms with Crippen molar-refractivity contribution < 1.29 is 9.90 Å². The van der Waals surface area contributed by atoms with Crippen LogP contribution in [0.3, 0.4) is 0 Å². The molecule has 0 radical (unpaired) electrons. The van der Waals surface area contributed by atoms with E-state index in [1.54, 1.807) is 0 Å². The fourth-order valence-electron chi connectivity index (χ4n) is 3.81. The maximum absolute atomic E-state index is 11.2. The Morgan fingerprint density at radius 3 is 2.00 bits per heavy atom. The van der Waals surface area contributed by atoms with Crippen molar-refractivity contribution in [1.82, 2.24) is 0 Å². The minimum Gasteiger partial charge on any atom is -0.481 e. The molecule has 0 saturated heterocycles. The number of hydrogen-bond donors (Lipinski definition) is 1. The molecular formula is C14H24O2. The number of rotatable bonds is 2. The Morgan fingerprint density at radius 2 is 1.62 bits per heavy atom. The summed E-state index contributed by atoms with van der Waals surface area (Å²) in [5.74, 6) is 0.420. The maximum Gasteiger partial charge on any atom is 0.307 e. The lowest BCUT2D eigenvalue weighted by Crippen LogP contribution is -2.23. The van der Waals surface area contributed by atoms with E-state index in [2.05, 4.69) is 27.7 Å². The monoisotopic (exact) mass is 224 g/mol. The van der Waals surface area contributed by atoms with Crippen molar-refractivity contribution in [3.63, 3.8) is 0 Å². The minimum absolute atomic E-state index is 0.0397. The molecule has 0 bridgehead atoms. The molecule has 2 nitrogen and oxygen atoms in total. The summed E-state index contributed by atoms with van der Waals surface area (Å²) in [7, 11) is 0. The van der Waals surface area contributed by atoms with Gasteiger partial charge in [-0.25, -0.2) is 0 Å². The number of carbonyl (C=O) groups is 1. The summed E-state index contributed by atoms with van der Waals surface area (Å²) in [6, 6.07) is 0. The number of hydrogen-bond acceptors (Lipinski definition) is 1. The summed E-state index contributed by atoms with van der Waals surface area (Å²) in [5, 5.41) is 9.19. The Kier molecular flexibility index (Phi) is 2.60. The van der Waals surface area contributed by atoms with Crippen molar-refractivity contribution in [1.29, 1.82) is 0 Å². The van der Waals surface area contributed by atoms with E-state index >= 15 is 0 Å². The lowest BCUT2D eigenvalue weighted by Gasteiger charge is -2.35. The third-order valence-electron chi connectivity index (χ3n) is 5.07. The zero-order valence-electron chi connectivity index (χ0n) is 10.9. The van der Waals surface area contributed by atoms with Gasteiger partial charge in [-0.1, -0.05) is 27.7 Å². The van der Waals surface area contributed by atoms with Crippen molar-refractivity contribution in [2.24, 2.45) is 28.6 Å². The van der Waals surface area contributed by atoms with Crippen LogP contribution in [0.4, 0.5) is 0 Å². The van der Waals surface area contributed by atoms with E-state index in [4.69, 9.17) is 0 Å². The average molecular weight is 224 g/mol. The molecule has 2 saturated carbocycles. The molecule has 2 fully saturated rings. The van der Waals surface area contributed by atoms with E-state index in [-0.39, 0.29) is 11.3 Å². The molecule has 0 amide bonds. The number of aliphatic carboxylic acids is 1. The summed E-state index contributed by atoms with van der Waals surface area (Å²) >= 11 is 0. The highest BCUT2D eigenvalue weighted by Crippen LogP contribution is 2.64. The van der Waals surface area contributed by atoms with Gasteiger partial charge in [0.2, 0.25) is 0 Å². The molecule has 16 heavy (non-hydrogen) atoms. The molecule has 1 N–H and O–H groups in total. The molecule has 0 aliphatic heterocycles. The fraction of sp³-hybridized carbons (Fsp3) is 0.929. The Hall–Kier alpha value is -0.530. The van der Waals surface area contributed by atoms with Crippen molar-refractivity contribution >= 4 is 5.97 Å². The first-order chi connectivity index (χ1) is 7.26. The molecule has 0 aromatic rings. The first kappa shape index (κ1) is 11.9. The van der Waals surface area contributed by atoms with Gasteiger partial charge in [0.15, 0.2) is 0 Å². The van der Waals surface area contributed by atoms with Gasteiger partial charge in [-0.05, 0) is 48.3 Å². The van der Waals surface area contributed by atoms with Gasteiger partial charge >= 0.3 is 5.97 Å². The third-order valence-corrected chi connectivity index (χ3v) is 5.07. The average Bonchev–Trinajstić information content (AvgIpc) is 2.69. The second-order valence-electron chi connectivity index (χ2n) is 7.16. The second kappa shape index (κ2) is 3.48. The molecule has 0 aromatic heterocycles. The molecule has 2 atom stereocenters. The van der Waals surface area contributed by atoms with Crippen molar-refractivity contribution in [2.45, 2.75) is 53.4 Å². The predicted molar refractivity (Wildman–Crippen MR) is 64.1 cm³/mol. The molecule has 2 aliphatic rings. The quantitative estimate of drug-likeness (QED) is 0.778. The smallest absolute Gasteiger partial charge is 0.307 e. The maximum atomic E-state index is 11.2. The Balaban J connectivity index is 1.99. The molecule has 2 rings (SSSR count). The molecule has 0 spiro atoms. The van der Waals surface area contributed by atoms with Crippen LogP contribution in [0.1, 0.15) is 53.4 Å². The first-order valence-corrected chi connectivity index (χ1v) is 6.48. The zero-order chi connectivity index (χ0) is 12.1. The molecule has 2 heteroatoms. The predicted octanol–water partition coefficient (Wildman–Crippen LogP) is 3.56. The third kappa shape index (κ3) is 1.87. The highest BCUT2D eigenvalue weighted by atomic mass is 16.4. The first-order valence-electron chi connectivity index (χ1n) is 6.48. The summed E-state index contributed by atoms with van der Waals surface area (Å²) in [5.41, 5.74) is 0.520. The van der Waals surface area contributed by atoms with Crippen LogP contribution in [0.15, 0.2) is 0 Å². The van der Waals surface area contributed by atoms with E-state index < -0.39 is 5.97 Å². The van der Waals surface area contributed by atoms with Crippen LogP contribution in [0, 0.1) is 28.6 Å². The Morgan fingerprint density at radius 1 is 1.12 bits per heavy atom.